The van der Waals surface area contributed by atoms with Crippen molar-refractivity contribution < 1.29 is 0 Å². The maximum absolute atomic E-state index is 5.14. The Labute approximate surface area is 333 Å². The molecule has 0 unspecified atom stereocenters. The number of unbranched alkanes of at least 4 members (excludes halogenated alkanes) is 5. The van der Waals surface area contributed by atoms with Gasteiger partial charge in [0, 0.05) is 17.3 Å². The van der Waals surface area contributed by atoms with Gasteiger partial charge in [-0.15, -0.1) is 12.8 Å². The molecular formula is C53H50N2. The van der Waals surface area contributed by atoms with Crippen LogP contribution < -0.4 is 0 Å². The second-order valence-corrected chi connectivity index (χ2v) is 12.5. The van der Waals surface area contributed by atoms with E-state index in [9.17, 15) is 0 Å². The first-order valence-corrected chi connectivity index (χ1v) is 19.4. The number of aliphatic imine (C=N–C) groups is 2. The molecule has 0 fully saturated rings. The topological polar surface area (TPSA) is 24.7 Å². The van der Waals surface area contributed by atoms with Gasteiger partial charge in [0.15, 0.2) is 0 Å². The molecule has 0 atom stereocenters. The highest BCUT2D eigenvalue weighted by Crippen LogP contribution is 2.29. The Balaban J connectivity index is 2.72. The van der Waals surface area contributed by atoms with Crippen LogP contribution in [0.25, 0.3) is 0 Å². The van der Waals surface area contributed by atoms with Crippen LogP contribution in [0.15, 0.2) is 34.3 Å². The standard InChI is InChI=1S/C53H50N2/c1-8-15-21-23-25-27-29-32-37-48-43-51(42-46(35-19-12-5)53(48)39-33-30-28-26-24-22-16-9-2)55-49(14-7)44-54-50-40-45(34-18-11-4)52(38-20-13-6)47(41-50)36-31-17-10-3/h1-2,40-44H,10-14,17-20,31,34-36,38H2,3-7H3. The lowest BCUT2D eigenvalue weighted by Gasteiger charge is -2.16. The molecule has 0 aliphatic carbocycles. The Morgan fingerprint density at radius 3 is 1.53 bits per heavy atom. The van der Waals surface area contributed by atoms with Crippen molar-refractivity contribution in [2.24, 2.45) is 9.98 Å². The fourth-order valence-electron chi connectivity index (χ4n) is 5.56. The average molecular weight is 715 g/mol. The van der Waals surface area contributed by atoms with Gasteiger partial charge in [-0.3, -0.25) is 9.98 Å². The third-order valence-electron chi connectivity index (χ3n) is 8.33. The van der Waals surface area contributed by atoms with Gasteiger partial charge in [0.25, 0.3) is 0 Å². The molecule has 0 heterocycles. The van der Waals surface area contributed by atoms with Crippen LogP contribution in [0, 0.1) is 119 Å². The number of rotatable bonds is 17. The summed E-state index contributed by atoms with van der Waals surface area (Å²) in [7, 11) is 0. The van der Waals surface area contributed by atoms with E-state index in [1.54, 1.807) is 5.56 Å². The number of hydrogen-bond donors (Lipinski definition) is 0. The Morgan fingerprint density at radius 1 is 0.509 bits per heavy atom. The van der Waals surface area contributed by atoms with Crippen LogP contribution in [-0.2, 0) is 25.7 Å². The quantitative estimate of drug-likeness (QED) is 0.0886. The third-order valence-corrected chi connectivity index (χ3v) is 8.33. The number of terminal acetylenes is 2. The van der Waals surface area contributed by atoms with Crippen LogP contribution in [0.5, 0.6) is 0 Å². The molecule has 0 spiro atoms. The lowest BCUT2D eigenvalue weighted by molar-refractivity contribution is 0.701. The van der Waals surface area contributed by atoms with Crippen molar-refractivity contribution in [1.29, 1.82) is 0 Å². The van der Waals surface area contributed by atoms with Gasteiger partial charge in [-0.25, -0.2) is 0 Å². The Morgan fingerprint density at radius 2 is 0.982 bits per heavy atom. The van der Waals surface area contributed by atoms with Crippen LogP contribution in [0.1, 0.15) is 132 Å². The number of nitrogens with zero attached hydrogens (tertiary/aromatic N) is 2. The summed E-state index contributed by atoms with van der Waals surface area (Å²) in [5.41, 5.74) is 9.65. The zero-order valence-corrected chi connectivity index (χ0v) is 33.3. The van der Waals surface area contributed by atoms with Crippen LogP contribution >= 0.6 is 0 Å². The zero-order chi connectivity index (χ0) is 39.8. The molecule has 55 heavy (non-hydrogen) atoms. The maximum atomic E-state index is 5.14. The molecule has 0 aromatic heterocycles. The molecule has 0 bridgehead atoms. The van der Waals surface area contributed by atoms with Crippen molar-refractivity contribution in [2.45, 2.75) is 125 Å². The Hall–Kier alpha value is -6.62. The maximum Gasteiger partial charge on any atom is 0.0649 e. The largest absolute Gasteiger partial charge is 0.255 e. The molecule has 0 radical (unpaired) electrons. The molecule has 2 aromatic carbocycles. The first-order chi connectivity index (χ1) is 27.0. The fraction of sp³-hybridized carbons (Fsp3) is 0.358. The number of benzene rings is 2. The second kappa shape index (κ2) is 28.9. The van der Waals surface area contributed by atoms with Crippen molar-refractivity contribution in [1.82, 2.24) is 0 Å². The van der Waals surface area contributed by atoms with Gasteiger partial charge >= 0.3 is 0 Å². The number of hydrogen-bond acceptors (Lipinski definition) is 2. The SMILES string of the molecule is C#CC#CC#CC#CC#Cc1cc(N=C(C=Nc2cc(CCCC)c(CCCC)c(CCCCC)c2)CC)cc(CCCC)c1C#CC#CC#CC#CC#C. The van der Waals surface area contributed by atoms with Crippen molar-refractivity contribution >= 4 is 23.3 Å². The van der Waals surface area contributed by atoms with E-state index in [2.05, 4.69) is 159 Å². The van der Waals surface area contributed by atoms with Crippen molar-refractivity contribution in [3.8, 4) is 119 Å². The van der Waals surface area contributed by atoms with E-state index in [1.165, 1.54) is 56.1 Å². The normalized spacial score (nSPS) is 9.40. The molecule has 0 N–H and O–H groups in total. The molecular weight excluding hydrogens is 665 g/mol. The minimum absolute atomic E-state index is 0.703. The van der Waals surface area contributed by atoms with E-state index in [-0.39, 0.29) is 0 Å². The van der Waals surface area contributed by atoms with Gasteiger partial charge in [-0.1, -0.05) is 78.6 Å². The van der Waals surface area contributed by atoms with E-state index in [0.29, 0.717) is 12.0 Å². The van der Waals surface area contributed by atoms with E-state index in [0.717, 1.165) is 66.7 Å². The van der Waals surface area contributed by atoms with Crippen LogP contribution in [-0.4, -0.2) is 11.9 Å². The van der Waals surface area contributed by atoms with Crippen molar-refractivity contribution in [3.63, 3.8) is 0 Å². The molecule has 0 aliphatic rings. The summed E-state index contributed by atoms with van der Waals surface area (Å²) in [5.74, 6) is 48.1. The van der Waals surface area contributed by atoms with Gasteiger partial charge in [0.1, 0.15) is 0 Å². The van der Waals surface area contributed by atoms with Gasteiger partial charge in [-0.2, -0.15) is 0 Å². The summed E-state index contributed by atoms with van der Waals surface area (Å²) in [5, 5.41) is 0. The fourth-order valence-corrected chi connectivity index (χ4v) is 5.56. The molecule has 0 amide bonds. The molecule has 272 valence electrons. The Kier molecular flexibility index (Phi) is 23.4. The second-order valence-electron chi connectivity index (χ2n) is 12.5. The molecule has 2 rings (SSSR count). The zero-order valence-electron chi connectivity index (χ0n) is 33.3. The van der Waals surface area contributed by atoms with E-state index in [1.807, 2.05) is 12.3 Å². The summed E-state index contributed by atoms with van der Waals surface area (Å²) in [6.07, 6.45) is 27.4. The summed E-state index contributed by atoms with van der Waals surface area (Å²) < 4.78 is 0. The predicted octanol–water partition coefficient (Wildman–Crippen LogP) is 10.3. The summed E-state index contributed by atoms with van der Waals surface area (Å²) in [6.45, 7) is 11.1. The van der Waals surface area contributed by atoms with E-state index >= 15 is 0 Å². The van der Waals surface area contributed by atoms with Gasteiger partial charge in [-0.05, 0) is 199 Å². The first-order valence-electron chi connectivity index (χ1n) is 19.4. The molecule has 2 heteroatoms. The van der Waals surface area contributed by atoms with Crippen molar-refractivity contribution in [2.75, 3.05) is 0 Å². The summed E-state index contributed by atoms with van der Waals surface area (Å²) >= 11 is 0. The first kappa shape index (κ1) is 44.5. The third kappa shape index (κ3) is 18.1. The van der Waals surface area contributed by atoms with Gasteiger partial charge in [0.05, 0.1) is 17.1 Å². The molecule has 2 nitrogen and oxygen atoms in total. The van der Waals surface area contributed by atoms with Gasteiger partial charge in [0.2, 0.25) is 0 Å². The lowest BCUT2D eigenvalue weighted by Crippen LogP contribution is -2.03. The molecule has 0 aliphatic heterocycles. The highest BCUT2D eigenvalue weighted by molar-refractivity contribution is 6.31. The molecule has 0 saturated carbocycles. The lowest BCUT2D eigenvalue weighted by atomic mass is 9.90. The van der Waals surface area contributed by atoms with E-state index < -0.39 is 0 Å². The molecule has 2 aromatic rings. The highest BCUT2D eigenvalue weighted by atomic mass is 14.8. The van der Waals surface area contributed by atoms with Gasteiger partial charge < -0.3 is 0 Å². The minimum Gasteiger partial charge on any atom is -0.255 e. The smallest absolute Gasteiger partial charge is 0.0649 e. The minimum atomic E-state index is 0.703. The van der Waals surface area contributed by atoms with E-state index in [4.69, 9.17) is 22.8 Å². The Bertz CT molecular complexity index is 2290. The number of aryl methyl sites for hydroxylation is 3. The van der Waals surface area contributed by atoms with Crippen molar-refractivity contribution in [3.05, 3.63) is 57.6 Å². The highest BCUT2D eigenvalue weighted by Gasteiger charge is 2.12. The van der Waals surface area contributed by atoms with Crippen LogP contribution in [0.3, 0.4) is 0 Å². The summed E-state index contributed by atoms with van der Waals surface area (Å²) in [6, 6.07) is 8.66. The monoisotopic (exact) mass is 714 g/mol. The summed E-state index contributed by atoms with van der Waals surface area (Å²) in [4.78, 5) is 10.1. The van der Waals surface area contributed by atoms with Crippen LogP contribution in [0.2, 0.25) is 0 Å². The average Bonchev–Trinajstić information content (AvgIpc) is 3.19. The van der Waals surface area contributed by atoms with Crippen LogP contribution in [0.4, 0.5) is 11.4 Å². The molecule has 0 saturated heterocycles. The predicted molar refractivity (Wildman–Crippen MR) is 236 cm³/mol.